The average Bonchev–Trinajstić information content (AvgIpc) is 2.25. The van der Waals surface area contributed by atoms with E-state index in [1.165, 1.54) is 6.40 Å². The van der Waals surface area contributed by atoms with Crippen molar-refractivity contribution in [3.05, 3.63) is 29.8 Å². The highest BCUT2D eigenvalue weighted by molar-refractivity contribution is 5.47. The molecule has 0 aliphatic heterocycles. The SMILES string of the molecule is CCOC=NCc1ccccc1OC. The Balaban J connectivity index is 2.57. The normalized spacial score (nSPS) is 10.4. The fraction of sp³-hybridized carbons (Fsp3) is 0.364. The summed E-state index contributed by atoms with van der Waals surface area (Å²) in [6.45, 7) is 3.16. The lowest BCUT2D eigenvalue weighted by Gasteiger charge is -2.04. The lowest BCUT2D eigenvalue weighted by atomic mass is 10.2. The van der Waals surface area contributed by atoms with E-state index in [4.69, 9.17) is 9.47 Å². The third-order valence-corrected chi connectivity index (χ3v) is 1.77. The number of hydrogen-bond donors (Lipinski definition) is 0. The maximum absolute atomic E-state index is 5.19. The molecule has 1 rings (SSSR count). The maximum atomic E-state index is 5.19. The van der Waals surface area contributed by atoms with Crippen molar-refractivity contribution in [2.24, 2.45) is 4.99 Å². The zero-order valence-corrected chi connectivity index (χ0v) is 8.56. The molecule has 0 bridgehead atoms. The van der Waals surface area contributed by atoms with Gasteiger partial charge in [-0.1, -0.05) is 18.2 Å². The molecule has 14 heavy (non-hydrogen) atoms. The molecule has 0 N–H and O–H groups in total. The van der Waals surface area contributed by atoms with E-state index in [0.717, 1.165) is 11.3 Å². The maximum Gasteiger partial charge on any atom is 0.169 e. The van der Waals surface area contributed by atoms with Crippen molar-refractivity contribution in [1.82, 2.24) is 0 Å². The van der Waals surface area contributed by atoms with E-state index in [1.807, 2.05) is 31.2 Å². The van der Waals surface area contributed by atoms with Crippen molar-refractivity contribution in [2.45, 2.75) is 13.5 Å². The minimum Gasteiger partial charge on any atom is -0.496 e. The predicted molar refractivity (Wildman–Crippen MR) is 56.8 cm³/mol. The van der Waals surface area contributed by atoms with Crippen LogP contribution in [0.2, 0.25) is 0 Å². The van der Waals surface area contributed by atoms with Crippen molar-refractivity contribution < 1.29 is 9.47 Å². The Bertz CT molecular complexity index is 297. The molecule has 0 radical (unpaired) electrons. The summed E-state index contributed by atoms with van der Waals surface area (Å²) in [5.41, 5.74) is 1.06. The van der Waals surface area contributed by atoms with Crippen LogP contribution in [0, 0.1) is 0 Å². The van der Waals surface area contributed by atoms with Gasteiger partial charge in [0.25, 0.3) is 0 Å². The molecule has 1 aromatic rings. The van der Waals surface area contributed by atoms with Crippen molar-refractivity contribution in [2.75, 3.05) is 13.7 Å². The smallest absolute Gasteiger partial charge is 0.169 e. The summed E-state index contributed by atoms with van der Waals surface area (Å²) in [5, 5.41) is 0. The van der Waals surface area contributed by atoms with Gasteiger partial charge in [-0.2, -0.15) is 0 Å². The van der Waals surface area contributed by atoms with E-state index >= 15 is 0 Å². The lowest BCUT2D eigenvalue weighted by Crippen LogP contribution is -1.91. The lowest BCUT2D eigenvalue weighted by molar-refractivity contribution is 0.342. The molecule has 0 saturated heterocycles. The van der Waals surface area contributed by atoms with Crippen LogP contribution < -0.4 is 4.74 Å². The van der Waals surface area contributed by atoms with Crippen molar-refractivity contribution in [3.63, 3.8) is 0 Å². The number of aliphatic imine (C=N–C) groups is 1. The first-order chi connectivity index (χ1) is 6.88. The van der Waals surface area contributed by atoms with Gasteiger partial charge in [0.2, 0.25) is 0 Å². The van der Waals surface area contributed by atoms with Gasteiger partial charge in [0, 0.05) is 5.56 Å². The predicted octanol–water partition coefficient (Wildman–Crippen LogP) is 2.26. The largest absolute Gasteiger partial charge is 0.496 e. The third-order valence-electron chi connectivity index (χ3n) is 1.77. The first-order valence-electron chi connectivity index (χ1n) is 4.60. The van der Waals surface area contributed by atoms with Crippen LogP contribution >= 0.6 is 0 Å². The first-order valence-corrected chi connectivity index (χ1v) is 4.60. The molecule has 0 saturated carbocycles. The second kappa shape index (κ2) is 6.02. The Morgan fingerprint density at radius 3 is 2.86 bits per heavy atom. The Morgan fingerprint density at radius 2 is 2.14 bits per heavy atom. The van der Waals surface area contributed by atoms with Crippen molar-refractivity contribution in [1.29, 1.82) is 0 Å². The number of nitrogens with zero attached hydrogens (tertiary/aromatic N) is 1. The molecule has 0 aliphatic rings. The van der Waals surface area contributed by atoms with Crippen LogP contribution in [-0.4, -0.2) is 20.1 Å². The van der Waals surface area contributed by atoms with Crippen molar-refractivity contribution >= 4 is 6.40 Å². The van der Waals surface area contributed by atoms with Gasteiger partial charge < -0.3 is 9.47 Å². The zero-order valence-electron chi connectivity index (χ0n) is 8.56. The molecule has 3 heteroatoms. The summed E-state index contributed by atoms with van der Waals surface area (Å²) in [6, 6.07) is 7.82. The number of methoxy groups -OCH3 is 1. The van der Waals surface area contributed by atoms with Gasteiger partial charge in [-0.05, 0) is 13.0 Å². The van der Waals surface area contributed by atoms with E-state index < -0.39 is 0 Å². The van der Waals surface area contributed by atoms with Crippen LogP contribution in [0.25, 0.3) is 0 Å². The highest BCUT2D eigenvalue weighted by atomic mass is 16.5. The molecule has 0 fully saturated rings. The number of benzene rings is 1. The van der Waals surface area contributed by atoms with Crippen LogP contribution in [0.3, 0.4) is 0 Å². The van der Waals surface area contributed by atoms with E-state index in [2.05, 4.69) is 4.99 Å². The second-order valence-corrected chi connectivity index (χ2v) is 2.71. The monoisotopic (exact) mass is 193 g/mol. The van der Waals surface area contributed by atoms with Crippen molar-refractivity contribution in [3.8, 4) is 5.75 Å². The average molecular weight is 193 g/mol. The fourth-order valence-electron chi connectivity index (χ4n) is 1.10. The number of para-hydroxylation sites is 1. The van der Waals surface area contributed by atoms with Gasteiger partial charge in [0.05, 0.1) is 20.3 Å². The topological polar surface area (TPSA) is 30.8 Å². The quantitative estimate of drug-likeness (QED) is 0.530. The standard InChI is InChI=1S/C11H15NO2/c1-3-14-9-12-8-10-6-4-5-7-11(10)13-2/h4-7,9H,3,8H2,1-2H3. The highest BCUT2D eigenvalue weighted by Crippen LogP contribution is 2.17. The van der Waals surface area contributed by atoms with E-state index in [0.29, 0.717) is 13.2 Å². The summed E-state index contributed by atoms with van der Waals surface area (Å²) >= 11 is 0. The minimum atomic E-state index is 0.587. The summed E-state index contributed by atoms with van der Waals surface area (Å²) in [4.78, 5) is 4.11. The summed E-state index contributed by atoms with van der Waals surface area (Å²) in [5.74, 6) is 0.862. The number of hydrogen-bond acceptors (Lipinski definition) is 3. The molecule has 0 spiro atoms. The molecular weight excluding hydrogens is 178 g/mol. The van der Waals surface area contributed by atoms with Gasteiger partial charge in [0.1, 0.15) is 5.75 Å². The van der Waals surface area contributed by atoms with Gasteiger partial charge in [-0.3, -0.25) is 4.99 Å². The molecule has 76 valence electrons. The zero-order chi connectivity index (χ0) is 10.2. The number of rotatable bonds is 5. The highest BCUT2D eigenvalue weighted by Gasteiger charge is 1.98. The summed E-state index contributed by atoms with van der Waals surface area (Å²) < 4.78 is 10.2. The Labute approximate surface area is 84.4 Å². The Hall–Kier alpha value is -1.51. The molecule has 0 atom stereocenters. The fourth-order valence-corrected chi connectivity index (χ4v) is 1.10. The van der Waals surface area contributed by atoms with E-state index in [9.17, 15) is 0 Å². The molecule has 0 amide bonds. The third kappa shape index (κ3) is 3.09. The van der Waals surface area contributed by atoms with Crippen LogP contribution in [-0.2, 0) is 11.3 Å². The van der Waals surface area contributed by atoms with Crippen LogP contribution in [0.5, 0.6) is 5.75 Å². The Morgan fingerprint density at radius 1 is 1.36 bits per heavy atom. The van der Waals surface area contributed by atoms with E-state index in [-0.39, 0.29) is 0 Å². The molecule has 0 unspecified atom stereocenters. The second-order valence-electron chi connectivity index (χ2n) is 2.71. The van der Waals surface area contributed by atoms with E-state index in [1.54, 1.807) is 7.11 Å². The summed E-state index contributed by atoms with van der Waals surface area (Å²) in [7, 11) is 1.66. The van der Waals surface area contributed by atoms with Crippen LogP contribution in [0.1, 0.15) is 12.5 Å². The molecule has 0 heterocycles. The van der Waals surface area contributed by atoms with Gasteiger partial charge in [0.15, 0.2) is 6.40 Å². The molecular formula is C11H15NO2. The van der Waals surface area contributed by atoms with Crippen LogP contribution in [0.15, 0.2) is 29.3 Å². The number of ether oxygens (including phenoxy) is 2. The molecule has 0 aromatic heterocycles. The Kier molecular flexibility index (Phi) is 4.55. The molecule has 3 nitrogen and oxygen atoms in total. The van der Waals surface area contributed by atoms with Crippen LogP contribution in [0.4, 0.5) is 0 Å². The molecule has 0 aliphatic carbocycles. The first kappa shape index (κ1) is 10.6. The van der Waals surface area contributed by atoms with Gasteiger partial charge in [-0.15, -0.1) is 0 Å². The molecule has 1 aromatic carbocycles. The van der Waals surface area contributed by atoms with Gasteiger partial charge in [-0.25, -0.2) is 0 Å². The van der Waals surface area contributed by atoms with Gasteiger partial charge >= 0.3 is 0 Å². The summed E-state index contributed by atoms with van der Waals surface area (Å²) in [6.07, 6.45) is 1.48. The minimum absolute atomic E-state index is 0.587.